The summed E-state index contributed by atoms with van der Waals surface area (Å²) in [6.07, 6.45) is 5.51. The number of thiazole rings is 1. The minimum atomic E-state index is -0.327. The second-order valence-electron chi connectivity index (χ2n) is 7.94. The van der Waals surface area contributed by atoms with Crippen LogP contribution in [0.3, 0.4) is 0 Å². The smallest absolute Gasteiger partial charge is 0.209 e. The molecule has 27 heavy (non-hydrogen) atoms. The maximum absolute atomic E-state index is 9.57. The van der Waals surface area contributed by atoms with E-state index in [1.165, 1.54) is 29.1 Å². The summed E-state index contributed by atoms with van der Waals surface area (Å²) >= 11 is 3.23. The second kappa shape index (κ2) is 8.32. The van der Waals surface area contributed by atoms with E-state index in [1.54, 1.807) is 11.3 Å². The summed E-state index contributed by atoms with van der Waals surface area (Å²) < 4.78 is 0. The first-order valence-electron chi connectivity index (χ1n) is 9.59. The second-order valence-corrected chi connectivity index (χ2v) is 9.99. The first-order chi connectivity index (χ1) is 12.8. The van der Waals surface area contributed by atoms with Crippen molar-refractivity contribution >= 4 is 38.6 Å². The maximum Gasteiger partial charge on any atom is 0.209 e. The molecule has 0 aromatic carbocycles. The molecule has 1 saturated carbocycles. The van der Waals surface area contributed by atoms with Crippen molar-refractivity contribution in [2.75, 3.05) is 12.3 Å². The highest BCUT2D eigenvalue weighted by molar-refractivity contribution is 7.15. The fourth-order valence-electron chi connectivity index (χ4n) is 3.44. The van der Waals surface area contributed by atoms with Gasteiger partial charge >= 0.3 is 0 Å². The summed E-state index contributed by atoms with van der Waals surface area (Å²) in [5.41, 5.74) is 7.53. The molecular formula is C19H29N5OS2. The van der Waals surface area contributed by atoms with Crippen LogP contribution in [0.25, 0.3) is 0 Å². The van der Waals surface area contributed by atoms with E-state index in [1.807, 2.05) is 20.8 Å². The van der Waals surface area contributed by atoms with Crippen LogP contribution in [0.2, 0.25) is 0 Å². The average Bonchev–Trinajstić information content (AvgIpc) is 3.28. The van der Waals surface area contributed by atoms with E-state index < -0.39 is 0 Å². The van der Waals surface area contributed by atoms with Crippen LogP contribution >= 0.6 is 22.7 Å². The summed E-state index contributed by atoms with van der Waals surface area (Å²) in [4.78, 5) is 10.9. The number of aliphatic hydroxyl groups excluding tert-OH is 1. The molecule has 2 aromatic rings. The van der Waals surface area contributed by atoms with Crippen LogP contribution < -0.4 is 5.73 Å². The number of anilines is 1. The zero-order valence-electron chi connectivity index (χ0n) is 16.5. The van der Waals surface area contributed by atoms with Crippen molar-refractivity contribution in [2.24, 2.45) is 10.4 Å². The van der Waals surface area contributed by atoms with Crippen LogP contribution in [-0.2, 0) is 6.42 Å². The van der Waals surface area contributed by atoms with Crippen LogP contribution in [0.15, 0.2) is 4.99 Å². The first-order valence-corrected chi connectivity index (χ1v) is 11.2. The Hall–Kier alpha value is -1.38. The summed E-state index contributed by atoms with van der Waals surface area (Å²) in [5.74, 6) is 0.934. The molecule has 0 radical (unpaired) electrons. The van der Waals surface area contributed by atoms with Crippen molar-refractivity contribution in [2.45, 2.75) is 71.6 Å². The molecule has 0 bridgehead atoms. The third-order valence-electron chi connectivity index (χ3n) is 5.54. The number of nitrogens with zero attached hydrogens (tertiary/aromatic N) is 4. The summed E-state index contributed by atoms with van der Waals surface area (Å²) in [6.45, 7) is 8.21. The third-order valence-corrected chi connectivity index (χ3v) is 7.61. The lowest BCUT2D eigenvalue weighted by atomic mass is 9.80. The minimum Gasteiger partial charge on any atom is -0.395 e. The van der Waals surface area contributed by atoms with Gasteiger partial charge in [-0.05, 0) is 38.5 Å². The normalized spacial score (nSPS) is 21.6. The fraction of sp³-hybridized carbons (Fsp3) is 0.684. The topological polar surface area (TPSA) is 97.3 Å². The van der Waals surface area contributed by atoms with Crippen molar-refractivity contribution in [1.29, 1.82) is 0 Å². The Morgan fingerprint density at radius 3 is 2.63 bits per heavy atom. The Balaban J connectivity index is 1.83. The molecule has 2 heterocycles. The van der Waals surface area contributed by atoms with Crippen molar-refractivity contribution < 1.29 is 5.11 Å². The van der Waals surface area contributed by atoms with Gasteiger partial charge in [0, 0.05) is 21.9 Å². The third kappa shape index (κ3) is 4.55. The van der Waals surface area contributed by atoms with Gasteiger partial charge in [0.2, 0.25) is 10.3 Å². The van der Waals surface area contributed by atoms with Gasteiger partial charge < -0.3 is 10.8 Å². The van der Waals surface area contributed by atoms with Crippen LogP contribution in [0.4, 0.5) is 10.3 Å². The Morgan fingerprint density at radius 1 is 1.26 bits per heavy atom. The summed E-state index contributed by atoms with van der Waals surface area (Å²) in [5, 5.41) is 20.3. The van der Waals surface area contributed by atoms with Gasteiger partial charge in [0.1, 0.15) is 5.01 Å². The van der Waals surface area contributed by atoms with Crippen LogP contribution in [-0.4, -0.2) is 32.6 Å². The lowest BCUT2D eigenvalue weighted by molar-refractivity contribution is 0.213. The van der Waals surface area contributed by atoms with Crippen LogP contribution in [0.1, 0.15) is 80.8 Å². The van der Waals surface area contributed by atoms with Gasteiger partial charge in [0.05, 0.1) is 12.3 Å². The number of aliphatic hydroxyl groups is 1. The number of nitrogen functional groups attached to an aromatic ring is 1. The first kappa shape index (κ1) is 20.4. The van der Waals surface area contributed by atoms with E-state index in [-0.39, 0.29) is 12.0 Å². The number of hydrogen-bond acceptors (Lipinski definition) is 8. The summed E-state index contributed by atoms with van der Waals surface area (Å²) in [7, 11) is 0. The van der Waals surface area contributed by atoms with E-state index in [0.29, 0.717) is 17.0 Å². The number of aryl methyl sites for hydroxylation is 1. The molecule has 2 atom stereocenters. The molecule has 148 valence electrons. The molecule has 3 N–H and O–H groups in total. The monoisotopic (exact) mass is 407 g/mol. The van der Waals surface area contributed by atoms with Crippen molar-refractivity contribution in [3.63, 3.8) is 0 Å². The summed E-state index contributed by atoms with van der Waals surface area (Å²) in [6, 6.07) is 0. The predicted molar refractivity (Wildman–Crippen MR) is 113 cm³/mol. The SMILES string of the molecule is CCc1nc(N=C(C)C(C)(C)CO)sc1C1CCCC(c2nnc(N)s2)C1. The molecule has 8 heteroatoms. The van der Waals surface area contributed by atoms with E-state index in [0.717, 1.165) is 40.8 Å². The molecule has 0 spiro atoms. The zero-order valence-corrected chi connectivity index (χ0v) is 18.2. The lowest BCUT2D eigenvalue weighted by Crippen LogP contribution is -2.25. The number of aliphatic imine (C=N–C) groups is 1. The van der Waals surface area contributed by atoms with Crippen molar-refractivity contribution in [1.82, 2.24) is 15.2 Å². The van der Waals surface area contributed by atoms with Crippen LogP contribution in [0.5, 0.6) is 0 Å². The largest absolute Gasteiger partial charge is 0.395 e. The van der Waals surface area contributed by atoms with Gasteiger partial charge in [0.25, 0.3) is 0 Å². The maximum atomic E-state index is 9.57. The molecule has 0 saturated heterocycles. The average molecular weight is 408 g/mol. The van der Waals surface area contributed by atoms with Crippen LogP contribution in [0, 0.1) is 5.41 Å². The molecule has 0 amide bonds. The number of aromatic nitrogens is 3. The predicted octanol–water partition coefficient (Wildman–Crippen LogP) is 4.69. The van der Waals surface area contributed by atoms with E-state index >= 15 is 0 Å². The Bertz CT molecular complexity index is 811. The van der Waals surface area contributed by atoms with E-state index in [4.69, 9.17) is 15.7 Å². The van der Waals surface area contributed by atoms with E-state index in [2.05, 4.69) is 17.1 Å². The van der Waals surface area contributed by atoms with Gasteiger partial charge in [-0.25, -0.2) is 9.98 Å². The number of rotatable bonds is 6. The Kier molecular flexibility index (Phi) is 6.28. The molecule has 3 rings (SSSR count). The number of nitrogens with two attached hydrogens (primary N) is 1. The van der Waals surface area contributed by atoms with Gasteiger partial charge in [-0.2, -0.15) is 0 Å². The Morgan fingerprint density at radius 2 is 2.00 bits per heavy atom. The van der Waals surface area contributed by atoms with Crippen molar-refractivity contribution in [3.8, 4) is 0 Å². The van der Waals surface area contributed by atoms with Gasteiger partial charge in [0.15, 0.2) is 0 Å². The van der Waals surface area contributed by atoms with Gasteiger partial charge in [-0.1, -0.05) is 49.9 Å². The zero-order chi connectivity index (χ0) is 19.6. The molecule has 1 aliphatic rings. The highest BCUT2D eigenvalue weighted by atomic mass is 32.1. The molecule has 2 aromatic heterocycles. The van der Waals surface area contributed by atoms with Crippen molar-refractivity contribution in [3.05, 3.63) is 15.6 Å². The highest BCUT2D eigenvalue weighted by Gasteiger charge is 2.30. The Labute approximate surface area is 169 Å². The standard InChI is InChI=1S/C19H29N5OS2/c1-5-14-15(26-18(22-14)21-11(2)19(3,4)10-25)12-7-6-8-13(9-12)16-23-24-17(20)27-16/h12-13,25H,5-10H2,1-4H3,(H2,20,24). The minimum absolute atomic E-state index is 0.0798. The molecule has 6 nitrogen and oxygen atoms in total. The molecule has 1 aliphatic carbocycles. The van der Waals surface area contributed by atoms with Gasteiger partial charge in [-0.15, -0.1) is 10.2 Å². The number of hydrogen-bond donors (Lipinski definition) is 2. The highest BCUT2D eigenvalue weighted by Crippen LogP contribution is 2.46. The van der Waals surface area contributed by atoms with E-state index in [9.17, 15) is 5.11 Å². The lowest BCUT2D eigenvalue weighted by Gasteiger charge is -2.27. The quantitative estimate of drug-likeness (QED) is 0.677. The van der Waals surface area contributed by atoms with Gasteiger partial charge in [-0.3, -0.25) is 0 Å². The molecule has 1 fully saturated rings. The molecule has 2 unspecified atom stereocenters. The molecule has 0 aliphatic heterocycles. The fourth-order valence-corrected chi connectivity index (χ4v) is 5.43. The molecular weight excluding hydrogens is 378 g/mol.